The minimum Gasteiger partial charge on any atom is -0.497 e. The van der Waals surface area contributed by atoms with Gasteiger partial charge in [-0.25, -0.2) is 0 Å². The lowest BCUT2D eigenvalue weighted by Gasteiger charge is -2.11. The number of ether oxygens (including phenoxy) is 1. The average Bonchev–Trinajstić information content (AvgIpc) is 2.86. The van der Waals surface area contributed by atoms with Crippen LogP contribution in [0.4, 0.5) is 5.69 Å². The summed E-state index contributed by atoms with van der Waals surface area (Å²) in [7, 11) is 1.64. The van der Waals surface area contributed by atoms with E-state index in [2.05, 4.69) is 17.3 Å². The van der Waals surface area contributed by atoms with E-state index in [0.29, 0.717) is 11.6 Å². The van der Waals surface area contributed by atoms with Crippen LogP contribution in [0.25, 0.3) is 0 Å². The predicted octanol–water partition coefficient (Wildman–Crippen LogP) is 3.57. The summed E-state index contributed by atoms with van der Waals surface area (Å²) in [5.74, 6) is 0.786. The normalized spacial score (nSPS) is 10.5. The zero-order valence-corrected chi connectivity index (χ0v) is 11.9. The Labute approximate surface area is 118 Å². The van der Waals surface area contributed by atoms with Crippen molar-refractivity contribution in [1.82, 2.24) is 9.78 Å². The Hall–Kier alpha value is -1.68. The molecule has 1 heterocycles. The molecule has 0 saturated carbocycles. The van der Waals surface area contributed by atoms with Gasteiger partial charge in [0.1, 0.15) is 5.75 Å². The number of aryl methyl sites for hydroxylation is 1. The zero-order chi connectivity index (χ0) is 13.7. The molecule has 102 valence electrons. The van der Waals surface area contributed by atoms with Gasteiger partial charge in [0.05, 0.1) is 30.1 Å². The van der Waals surface area contributed by atoms with Crippen LogP contribution in [0.15, 0.2) is 30.5 Å². The van der Waals surface area contributed by atoms with Crippen LogP contribution in [0, 0.1) is 0 Å². The first-order valence-corrected chi connectivity index (χ1v) is 6.70. The number of rotatable bonds is 6. The molecule has 19 heavy (non-hydrogen) atoms. The lowest BCUT2D eigenvalue weighted by atomic mass is 10.3. The van der Waals surface area contributed by atoms with Gasteiger partial charge >= 0.3 is 0 Å². The summed E-state index contributed by atoms with van der Waals surface area (Å²) in [6.07, 6.45) is 2.88. The minimum atomic E-state index is 0.683. The highest BCUT2D eigenvalue weighted by Gasteiger charge is 2.05. The Balaban J connectivity index is 2.07. The fourth-order valence-electron chi connectivity index (χ4n) is 1.88. The van der Waals surface area contributed by atoms with E-state index in [-0.39, 0.29) is 0 Å². The molecule has 0 unspecified atom stereocenters. The molecule has 1 aromatic heterocycles. The molecule has 0 aliphatic heterocycles. The van der Waals surface area contributed by atoms with E-state index in [1.165, 1.54) is 0 Å². The highest BCUT2D eigenvalue weighted by molar-refractivity contribution is 6.33. The predicted molar refractivity (Wildman–Crippen MR) is 77.8 cm³/mol. The molecule has 0 radical (unpaired) electrons. The number of hydrogen-bond acceptors (Lipinski definition) is 3. The second-order valence-electron chi connectivity index (χ2n) is 4.25. The summed E-state index contributed by atoms with van der Waals surface area (Å²) in [6.45, 7) is 3.75. The summed E-state index contributed by atoms with van der Waals surface area (Å²) in [4.78, 5) is 0. The Morgan fingerprint density at radius 2 is 2.21 bits per heavy atom. The Morgan fingerprint density at radius 3 is 2.95 bits per heavy atom. The third kappa shape index (κ3) is 3.41. The van der Waals surface area contributed by atoms with Crippen molar-refractivity contribution in [2.75, 3.05) is 12.4 Å². The fourth-order valence-corrected chi connectivity index (χ4v) is 2.06. The van der Waals surface area contributed by atoms with Crippen molar-refractivity contribution >= 4 is 17.3 Å². The summed E-state index contributed by atoms with van der Waals surface area (Å²) < 4.78 is 7.19. The van der Waals surface area contributed by atoms with Crippen LogP contribution in [-0.2, 0) is 13.1 Å². The second-order valence-corrected chi connectivity index (χ2v) is 4.65. The SMILES string of the molecule is CCCn1nccc1CNc1cc(OC)ccc1Cl. The topological polar surface area (TPSA) is 39.1 Å². The van der Waals surface area contributed by atoms with E-state index in [0.717, 1.165) is 30.1 Å². The number of hydrogen-bond donors (Lipinski definition) is 1. The Bertz CT molecular complexity index is 539. The number of benzene rings is 1. The third-order valence-electron chi connectivity index (χ3n) is 2.87. The summed E-state index contributed by atoms with van der Waals surface area (Å²) in [5, 5.41) is 8.29. The largest absolute Gasteiger partial charge is 0.497 e. The van der Waals surface area contributed by atoms with Crippen LogP contribution in [0.3, 0.4) is 0 Å². The molecule has 0 saturated heterocycles. The van der Waals surface area contributed by atoms with Crippen molar-refractivity contribution in [1.29, 1.82) is 0 Å². The molecule has 0 aliphatic carbocycles. The molecule has 2 aromatic rings. The van der Waals surface area contributed by atoms with Crippen LogP contribution < -0.4 is 10.1 Å². The standard InChI is InChI=1S/C14H18ClN3O/c1-3-8-18-11(6-7-17-18)10-16-14-9-12(19-2)4-5-13(14)15/h4-7,9,16H,3,8,10H2,1-2H3. The van der Waals surface area contributed by atoms with Crippen LogP contribution in [0.2, 0.25) is 5.02 Å². The van der Waals surface area contributed by atoms with Gasteiger partial charge in [-0.3, -0.25) is 4.68 Å². The van der Waals surface area contributed by atoms with Crippen molar-refractivity contribution in [3.05, 3.63) is 41.2 Å². The van der Waals surface area contributed by atoms with Gasteiger partial charge in [0, 0.05) is 18.8 Å². The van der Waals surface area contributed by atoms with Crippen molar-refractivity contribution in [3.8, 4) is 5.75 Å². The molecule has 0 fully saturated rings. The summed E-state index contributed by atoms with van der Waals surface area (Å²) >= 11 is 6.15. The number of halogens is 1. The fraction of sp³-hybridized carbons (Fsp3) is 0.357. The first-order valence-electron chi connectivity index (χ1n) is 6.32. The maximum Gasteiger partial charge on any atom is 0.121 e. The Kier molecular flexibility index (Phi) is 4.68. The molecule has 2 rings (SSSR count). The maximum absolute atomic E-state index is 6.15. The summed E-state index contributed by atoms with van der Waals surface area (Å²) in [6, 6.07) is 7.57. The molecule has 5 heteroatoms. The van der Waals surface area contributed by atoms with Crippen molar-refractivity contribution in [2.45, 2.75) is 26.4 Å². The number of anilines is 1. The lowest BCUT2D eigenvalue weighted by molar-refractivity contribution is 0.415. The van der Waals surface area contributed by atoms with Gasteiger partial charge in [-0.1, -0.05) is 18.5 Å². The van der Waals surface area contributed by atoms with E-state index >= 15 is 0 Å². The van der Waals surface area contributed by atoms with Gasteiger partial charge in [0.25, 0.3) is 0 Å². The van der Waals surface area contributed by atoms with Crippen LogP contribution in [0.5, 0.6) is 5.75 Å². The first kappa shape index (κ1) is 13.7. The molecule has 0 bridgehead atoms. The quantitative estimate of drug-likeness (QED) is 0.879. The van der Waals surface area contributed by atoms with Crippen LogP contribution in [0.1, 0.15) is 19.0 Å². The first-order chi connectivity index (χ1) is 9.24. The molecular weight excluding hydrogens is 262 g/mol. The van der Waals surface area contributed by atoms with Crippen molar-refractivity contribution in [3.63, 3.8) is 0 Å². The molecule has 0 amide bonds. The van der Waals surface area contributed by atoms with E-state index < -0.39 is 0 Å². The summed E-state index contributed by atoms with van der Waals surface area (Å²) in [5.41, 5.74) is 2.01. The molecule has 0 atom stereocenters. The highest BCUT2D eigenvalue weighted by Crippen LogP contribution is 2.27. The van der Waals surface area contributed by atoms with E-state index in [1.807, 2.05) is 35.1 Å². The number of nitrogens with zero attached hydrogens (tertiary/aromatic N) is 2. The second kappa shape index (κ2) is 6.48. The van der Waals surface area contributed by atoms with Crippen LogP contribution in [-0.4, -0.2) is 16.9 Å². The molecule has 0 aliphatic rings. The van der Waals surface area contributed by atoms with Crippen LogP contribution >= 0.6 is 11.6 Å². The molecule has 0 spiro atoms. The number of aromatic nitrogens is 2. The molecular formula is C14H18ClN3O. The molecule has 4 nitrogen and oxygen atoms in total. The Morgan fingerprint density at radius 1 is 1.37 bits per heavy atom. The van der Waals surface area contributed by atoms with E-state index in [1.54, 1.807) is 7.11 Å². The van der Waals surface area contributed by atoms with Gasteiger partial charge in [-0.2, -0.15) is 5.10 Å². The third-order valence-corrected chi connectivity index (χ3v) is 3.20. The van der Waals surface area contributed by atoms with Crippen molar-refractivity contribution in [2.24, 2.45) is 0 Å². The van der Waals surface area contributed by atoms with Gasteiger partial charge in [0.2, 0.25) is 0 Å². The highest BCUT2D eigenvalue weighted by atomic mass is 35.5. The van der Waals surface area contributed by atoms with Gasteiger partial charge in [-0.05, 0) is 24.6 Å². The zero-order valence-electron chi connectivity index (χ0n) is 11.2. The maximum atomic E-state index is 6.15. The van der Waals surface area contributed by atoms with Gasteiger partial charge < -0.3 is 10.1 Å². The lowest BCUT2D eigenvalue weighted by Crippen LogP contribution is -2.09. The molecule has 1 aromatic carbocycles. The average molecular weight is 280 g/mol. The van der Waals surface area contributed by atoms with Gasteiger partial charge in [-0.15, -0.1) is 0 Å². The number of methoxy groups -OCH3 is 1. The molecule has 1 N–H and O–H groups in total. The monoisotopic (exact) mass is 279 g/mol. The smallest absolute Gasteiger partial charge is 0.121 e. The minimum absolute atomic E-state index is 0.683. The van der Waals surface area contributed by atoms with E-state index in [9.17, 15) is 0 Å². The van der Waals surface area contributed by atoms with E-state index in [4.69, 9.17) is 16.3 Å². The van der Waals surface area contributed by atoms with Gasteiger partial charge in [0.15, 0.2) is 0 Å². The van der Waals surface area contributed by atoms with Crippen molar-refractivity contribution < 1.29 is 4.74 Å². The number of nitrogens with one attached hydrogen (secondary N) is 1.